The fourth-order valence-electron chi connectivity index (χ4n) is 1.80. The van der Waals surface area contributed by atoms with Crippen molar-refractivity contribution in [2.45, 2.75) is 10.5 Å². The van der Waals surface area contributed by atoms with Gasteiger partial charge in [-0.25, -0.2) is 4.39 Å². The van der Waals surface area contributed by atoms with Crippen LogP contribution in [0.25, 0.3) is 0 Å². The number of halogens is 4. The van der Waals surface area contributed by atoms with Gasteiger partial charge in [-0.2, -0.15) is 0 Å². The molecule has 0 aliphatic heterocycles. The van der Waals surface area contributed by atoms with Crippen LogP contribution in [0.5, 0.6) is 0 Å². The van der Waals surface area contributed by atoms with Gasteiger partial charge in [0.1, 0.15) is 5.92 Å². The monoisotopic (exact) mass is 326 g/mol. The van der Waals surface area contributed by atoms with Crippen molar-refractivity contribution < 1.29 is 14.3 Å². The Morgan fingerprint density at radius 1 is 1.38 bits per heavy atom. The highest BCUT2D eigenvalue weighted by Gasteiger charge is 2.69. The molecule has 2 rings (SSSR count). The van der Waals surface area contributed by atoms with Gasteiger partial charge in [-0.05, 0) is 39.7 Å². The second-order valence-electron chi connectivity index (χ2n) is 3.67. The van der Waals surface area contributed by atoms with Crippen LogP contribution in [0, 0.1) is 5.92 Å². The Balaban J connectivity index is 2.37. The summed E-state index contributed by atoms with van der Waals surface area (Å²) in [5.74, 6) is -3.02. The fraction of sp³-hybridized carbons (Fsp3) is 0.300. The molecule has 0 bridgehead atoms. The molecular formula is C10H6BrCl2FO2. The average Bonchev–Trinajstić information content (AvgIpc) is 2.67. The van der Waals surface area contributed by atoms with Gasteiger partial charge < -0.3 is 5.11 Å². The summed E-state index contributed by atoms with van der Waals surface area (Å²) in [6.45, 7) is 0. The van der Waals surface area contributed by atoms with Crippen LogP contribution in [-0.2, 0) is 4.79 Å². The highest BCUT2D eigenvalue weighted by atomic mass is 79.9. The molecule has 2 nitrogen and oxygen atoms in total. The number of carbonyl (C=O) groups is 1. The van der Waals surface area contributed by atoms with E-state index < -0.39 is 22.4 Å². The van der Waals surface area contributed by atoms with Crippen molar-refractivity contribution in [1.82, 2.24) is 0 Å². The molecule has 3 atom stereocenters. The van der Waals surface area contributed by atoms with Gasteiger partial charge in [-0.15, -0.1) is 0 Å². The predicted octanol–water partition coefficient (Wildman–Crippen LogP) is 3.85. The number of carboxylic acid groups (broad SMARTS) is 1. The van der Waals surface area contributed by atoms with Crippen molar-refractivity contribution in [3.63, 3.8) is 0 Å². The molecule has 0 spiro atoms. The molecular weight excluding hydrogens is 322 g/mol. The quantitative estimate of drug-likeness (QED) is 0.838. The lowest BCUT2D eigenvalue weighted by Gasteiger charge is -2.01. The van der Waals surface area contributed by atoms with Gasteiger partial charge in [-0.3, -0.25) is 4.79 Å². The molecule has 0 heterocycles. The predicted molar refractivity (Wildman–Crippen MR) is 63.1 cm³/mol. The van der Waals surface area contributed by atoms with Gasteiger partial charge in [0.2, 0.25) is 0 Å². The Morgan fingerprint density at radius 2 is 1.88 bits per heavy atom. The van der Waals surface area contributed by atoms with Gasteiger partial charge in [0.25, 0.3) is 0 Å². The van der Waals surface area contributed by atoms with Gasteiger partial charge >= 0.3 is 5.97 Å². The van der Waals surface area contributed by atoms with Gasteiger partial charge in [-0.1, -0.05) is 23.2 Å². The molecule has 1 aliphatic carbocycles. The molecule has 0 amide bonds. The lowest BCUT2D eigenvalue weighted by molar-refractivity contribution is -0.139. The molecule has 1 aromatic rings. The lowest BCUT2D eigenvalue weighted by atomic mass is 10.1. The molecule has 1 unspecified atom stereocenters. The van der Waals surface area contributed by atoms with E-state index in [1.165, 1.54) is 18.2 Å². The van der Waals surface area contributed by atoms with E-state index in [4.69, 9.17) is 28.3 Å². The van der Waals surface area contributed by atoms with E-state index in [0.29, 0.717) is 15.6 Å². The summed E-state index contributed by atoms with van der Waals surface area (Å²) >= 11 is 14.3. The maximum atomic E-state index is 13.8. The van der Waals surface area contributed by atoms with Crippen molar-refractivity contribution in [3.8, 4) is 0 Å². The van der Waals surface area contributed by atoms with E-state index in [1.54, 1.807) is 0 Å². The zero-order valence-corrected chi connectivity index (χ0v) is 10.9. The summed E-state index contributed by atoms with van der Waals surface area (Å²) in [6, 6.07) is 4.56. The standard InChI is InChI=1S/C10H6BrCl2FO2/c11-10(14)7(8(10)9(15)16)4-1-5(12)3-6(13)2-4/h1-3,7-8H,(H,15,16)/t7?,8-,10+/m0/s1. The highest BCUT2D eigenvalue weighted by Crippen LogP contribution is 2.64. The Hall–Kier alpha value is -0.320. The first-order valence-corrected chi connectivity index (χ1v) is 5.95. The maximum absolute atomic E-state index is 13.8. The zero-order chi connectivity index (χ0) is 12.1. The van der Waals surface area contributed by atoms with Crippen LogP contribution >= 0.6 is 39.1 Å². The van der Waals surface area contributed by atoms with Crippen molar-refractivity contribution in [3.05, 3.63) is 33.8 Å². The first-order valence-electron chi connectivity index (χ1n) is 4.40. The summed E-state index contributed by atoms with van der Waals surface area (Å²) in [6.07, 6.45) is 0. The third-order valence-corrected chi connectivity index (χ3v) is 3.99. The Labute approximate surface area is 109 Å². The van der Waals surface area contributed by atoms with Crippen molar-refractivity contribution >= 4 is 45.1 Å². The first-order chi connectivity index (χ1) is 7.34. The van der Waals surface area contributed by atoms with Crippen molar-refractivity contribution in [1.29, 1.82) is 0 Å². The molecule has 1 aromatic carbocycles. The normalized spacial score (nSPS) is 32.5. The number of rotatable bonds is 2. The van der Waals surface area contributed by atoms with E-state index in [-0.39, 0.29) is 0 Å². The van der Waals surface area contributed by atoms with Gasteiger partial charge in [0.15, 0.2) is 4.58 Å². The van der Waals surface area contributed by atoms with Crippen molar-refractivity contribution in [2.24, 2.45) is 5.92 Å². The van der Waals surface area contributed by atoms with E-state index >= 15 is 0 Å². The number of hydrogen-bond acceptors (Lipinski definition) is 1. The second kappa shape index (κ2) is 3.86. The fourth-order valence-corrected chi connectivity index (χ4v) is 3.20. The van der Waals surface area contributed by atoms with Gasteiger partial charge in [0, 0.05) is 16.0 Å². The second-order valence-corrected chi connectivity index (χ2v) is 5.76. The van der Waals surface area contributed by atoms with Crippen LogP contribution in [0.2, 0.25) is 10.0 Å². The summed E-state index contributed by atoms with van der Waals surface area (Å²) in [5, 5.41) is 9.55. The minimum absolute atomic E-state index is 0.363. The number of alkyl halides is 2. The number of carboxylic acids is 1. The summed E-state index contributed by atoms with van der Waals surface area (Å²) in [5.41, 5.74) is 0.490. The topological polar surface area (TPSA) is 37.3 Å². The highest BCUT2D eigenvalue weighted by molar-refractivity contribution is 9.10. The Kier molecular flexibility index (Phi) is 2.93. The van der Waals surface area contributed by atoms with E-state index in [1.807, 2.05) is 0 Å². The Morgan fingerprint density at radius 3 is 2.25 bits per heavy atom. The summed E-state index contributed by atoms with van der Waals surface area (Å²) in [4.78, 5) is 10.8. The van der Waals surface area contributed by atoms with Gasteiger partial charge in [0.05, 0.1) is 0 Å². The molecule has 1 fully saturated rings. The smallest absolute Gasteiger partial charge is 0.311 e. The average molecular weight is 328 g/mol. The van der Waals surface area contributed by atoms with Crippen LogP contribution in [0.1, 0.15) is 11.5 Å². The first kappa shape index (κ1) is 12.1. The molecule has 1 aliphatic rings. The minimum Gasteiger partial charge on any atom is -0.481 e. The molecule has 1 saturated carbocycles. The third-order valence-electron chi connectivity index (χ3n) is 2.56. The molecule has 0 saturated heterocycles. The summed E-state index contributed by atoms with van der Waals surface area (Å²) in [7, 11) is 0. The maximum Gasteiger partial charge on any atom is 0.311 e. The van der Waals surface area contributed by atoms with Crippen molar-refractivity contribution in [2.75, 3.05) is 0 Å². The number of aliphatic carboxylic acids is 1. The minimum atomic E-state index is -1.91. The summed E-state index contributed by atoms with van der Waals surface area (Å²) < 4.78 is 11.9. The molecule has 0 aromatic heterocycles. The molecule has 0 radical (unpaired) electrons. The van der Waals surface area contributed by atoms with Crippen LogP contribution in [0.15, 0.2) is 18.2 Å². The van der Waals surface area contributed by atoms with Crippen LogP contribution in [-0.4, -0.2) is 15.7 Å². The third kappa shape index (κ3) is 1.94. The molecule has 6 heteroatoms. The largest absolute Gasteiger partial charge is 0.481 e. The molecule has 16 heavy (non-hydrogen) atoms. The van der Waals surface area contributed by atoms with E-state index in [2.05, 4.69) is 15.9 Å². The number of benzene rings is 1. The number of hydrogen-bond donors (Lipinski definition) is 1. The van der Waals surface area contributed by atoms with E-state index in [9.17, 15) is 9.18 Å². The molecule has 1 N–H and O–H groups in total. The van der Waals surface area contributed by atoms with E-state index in [0.717, 1.165) is 0 Å². The SMILES string of the molecule is O=C(O)[C@@H]1C(c2cc(Cl)cc(Cl)c2)[C@]1(F)Br. The van der Waals surface area contributed by atoms with Crippen LogP contribution < -0.4 is 0 Å². The van der Waals surface area contributed by atoms with Crippen LogP contribution in [0.4, 0.5) is 4.39 Å². The molecule has 86 valence electrons. The Bertz CT molecular complexity index is 444. The lowest BCUT2D eigenvalue weighted by Crippen LogP contribution is -2.03. The van der Waals surface area contributed by atoms with Crippen LogP contribution in [0.3, 0.4) is 0 Å². The zero-order valence-electron chi connectivity index (χ0n) is 7.75.